The quantitative estimate of drug-likeness (QED) is 0.382. The first-order valence-corrected chi connectivity index (χ1v) is 10.3. The van der Waals surface area contributed by atoms with E-state index in [4.69, 9.17) is 14.2 Å². The third kappa shape index (κ3) is 5.14. The molecule has 172 valence electrons. The summed E-state index contributed by atoms with van der Waals surface area (Å²) in [6.45, 7) is 6.68. The van der Waals surface area contributed by atoms with Gasteiger partial charge in [-0.05, 0) is 86.9 Å². The number of pyridine rings is 1. The van der Waals surface area contributed by atoms with Gasteiger partial charge in [-0.2, -0.15) is 0 Å². The van der Waals surface area contributed by atoms with Gasteiger partial charge in [0.2, 0.25) is 5.88 Å². The number of carboxylic acid groups (broad SMARTS) is 1. The molecule has 0 aliphatic rings. The highest BCUT2D eigenvalue weighted by molar-refractivity contribution is 6.10. The van der Waals surface area contributed by atoms with Crippen molar-refractivity contribution >= 4 is 28.7 Å². The lowest BCUT2D eigenvalue weighted by Crippen LogP contribution is -2.38. The summed E-state index contributed by atoms with van der Waals surface area (Å²) < 4.78 is 16.3. The van der Waals surface area contributed by atoms with Crippen LogP contribution in [0.15, 0.2) is 42.5 Å². The normalized spacial score (nSPS) is 11.6. The van der Waals surface area contributed by atoms with Crippen molar-refractivity contribution in [2.45, 2.75) is 33.3 Å². The second-order valence-corrected chi connectivity index (χ2v) is 8.20. The van der Waals surface area contributed by atoms with Crippen LogP contribution >= 0.6 is 0 Å². The van der Waals surface area contributed by atoms with E-state index >= 15 is 0 Å². The van der Waals surface area contributed by atoms with E-state index in [0.29, 0.717) is 22.6 Å². The number of allylic oxidation sites excluding steroid dienone is 1. The Balaban J connectivity index is 1.91. The minimum absolute atomic E-state index is 0.245. The predicted molar refractivity (Wildman–Crippen MR) is 126 cm³/mol. The van der Waals surface area contributed by atoms with Gasteiger partial charge in [-0.25, -0.2) is 9.78 Å². The molecule has 1 N–H and O–H groups in total. The van der Waals surface area contributed by atoms with Crippen molar-refractivity contribution in [3.05, 3.63) is 64.7 Å². The largest absolute Gasteiger partial charge is 0.497 e. The molecular formula is C26H27NO6. The lowest BCUT2D eigenvalue weighted by atomic mass is 10.0. The van der Waals surface area contributed by atoms with Crippen molar-refractivity contribution in [2.75, 3.05) is 14.2 Å². The molecule has 0 saturated heterocycles. The first-order chi connectivity index (χ1) is 15.6. The Morgan fingerprint density at radius 3 is 2.24 bits per heavy atom. The van der Waals surface area contributed by atoms with E-state index in [1.807, 2.05) is 38.1 Å². The molecule has 7 heteroatoms. The molecule has 0 amide bonds. The zero-order valence-corrected chi connectivity index (χ0v) is 19.6. The molecule has 3 aromatic rings. The van der Waals surface area contributed by atoms with E-state index < -0.39 is 11.6 Å². The van der Waals surface area contributed by atoms with Crippen LogP contribution in [0.2, 0.25) is 0 Å². The molecule has 33 heavy (non-hydrogen) atoms. The number of aromatic nitrogens is 1. The third-order valence-electron chi connectivity index (χ3n) is 5.23. The number of ether oxygens (including phenoxy) is 3. The maximum Gasteiger partial charge on any atom is 0.347 e. The Hall–Kier alpha value is -3.87. The summed E-state index contributed by atoms with van der Waals surface area (Å²) in [5, 5.41) is 10.1. The van der Waals surface area contributed by atoms with Gasteiger partial charge in [0.25, 0.3) is 0 Å². The Morgan fingerprint density at radius 2 is 1.67 bits per heavy atom. The predicted octanol–water partition coefficient (Wildman–Crippen LogP) is 5.01. The second kappa shape index (κ2) is 9.32. The van der Waals surface area contributed by atoms with Crippen LogP contribution in [0.4, 0.5) is 0 Å². The van der Waals surface area contributed by atoms with Crippen LogP contribution in [-0.2, 0) is 4.79 Å². The highest BCUT2D eigenvalue weighted by atomic mass is 16.5. The van der Waals surface area contributed by atoms with Crippen molar-refractivity contribution in [3.63, 3.8) is 0 Å². The monoisotopic (exact) mass is 449 g/mol. The summed E-state index contributed by atoms with van der Waals surface area (Å²) in [4.78, 5) is 28.8. The fourth-order valence-corrected chi connectivity index (χ4v) is 3.40. The molecule has 1 heterocycles. The van der Waals surface area contributed by atoms with Crippen LogP contribution in [-0.4, -0.2) is 41.7 Å². The average Bonchev–Trinajstić information content (AvgIpc) is 2.78. The Labute approximate surface area is 192 Å². The van der Waals surface area contributed by atoms with Crippen molar-refractivity contribution in [1.82, 2.24) is 4.98 Å². The van der Waals surface area contributed by atoms with Crippen LogP contribution in [0, 0.1) is 13.8 Å². The molecule has 0 saturated carbocycles. The molecule has 0 radical (unpaired) electrons. The maximum absolute atomic E-state index is 13.0. The zero-order valence-electron chi connectivity index (χ0n) is 19.6. The van der Waals surface area contributed by atoms with Gasteiger partial charge in [0, 0.05) is 5.39 Å². The van der Waals surface area contributed by atoms with E-state index in [-0.39, 0.29) is 11.7 Å². The summed E-state index contributed by atoms with van der Waals surface area (Å²) in [7, 11) is 3.05. The number of carbonyl (C=O) groups is 2. The summed E-state index contributed by atoms with van der Waals surface area (Å²) >= 11 is 0. The molecule has 0 spiro atoms. The fraction of sp³-hybridized carbons (Fsp3) is 0.269. The van der Waals surface area contributed by atoms with Gasteiger partial charge in [0.15, 0.2) is 11.4 Å². The fourth-order valence-electron chi connectivity index (χ4n) is 3.40. The Bertz CT molecular complexity index is 1240. The highest BCUT2D eigenvalue weighted by Gasteiger charge is 2.30. The number of carbonyl (C=O) groups excluding carboxylic acids is 1. The Morgan fingerprint density at radius 1 is 1.00 bits per heavy atom. The van der Waals surface area contributed by atoms with Crippen LogP contribution in [0.25, 0.3) is 17.0 Å². The molecule has 3 rings (SSSR count). The van der Waals surface area contributed by atoms with Gasteiger partial charge in [0.05, 0.1) is 25.3 Å². The molecule has 0 aliphatic carbocycles. The highest BCUT2D eigenvalue weighted by Crippen LogP contribution is 2.30. The van der Waals surface area contributed by atoms with E-state index in [2.05, 4.69) is 4.98 Å². The number of methoxy groups -OCH3 is 2. The molecule has 0 atom stereocenters. The first kappa shape index (κ1) is 23.8. The smallest absolute Gasteiger partial charge is 0.347 e. The van der Waals surface area contributed by atoms with Crippen LogP contribution in [0.5, 0.6) is 17.4 Å². The molecule has 0 unspecified atom stereocenters. The number of hydrogen-bond acceptors (Lipinski definition) is 6. The Kier molecular flexibility index (Phi) is 6.72. The minimum Gasteiger partial charge on any atom is -0.497 e. The number of benzene rings is 2. The number of aliphatic carboxylic acids is 1. The van der Waals surface area contributed by atoms with E-state index in [0.717, 1.165) is 22.1 Å². The van der Waals surface area contributed by atoms with Crippen LogP contribution < -0.4 is 14.2 Å². The second-order valence-electron chi connectivity index (χ2n) is 8.20. The molecule has 0 aliphatic heterocycles. The standard InChI is InChI=1S/C26H27NO6/c1-15-11-17(12-16(2)23(15)33-26(3,4)25(29)30)7-10-22(28)20-14-18-13-19(31-5)8-9-21(18)27-24(20)32-6/h7-14H,1-6H3,(H,29,30)/b10-7+. The zero-order chi connectivity index (χ0) is 24.3. The van der Waals surface area contributed by atoms with Crippen molar-refractivity contribution in [3.8, 4) is 17.4 Å². The number of ketones is 1. The number of rotatable bonds is 8. The summed E-state index contributed by atoms with van der Waals surface area (Å²) in [5.41, 5.74) is 2.01. The van der Waals surface area contributed by atoms with E-state index in [9.17, 15) is 14.7 Å². The van der Waals surface area contributed by atoms with Gasteiger partial charge in [-0.1, -0.05) is 6.08 Å². The van der Waals surface area contributed by atoms with E-state index in [1.165, 1.54) is 27.0 Å². The summed E-state index contributed by atoms with van der Waals surface area (Å²) in [6.07, 6.45) is 3.16. The molecule has 1 aromatic heterocycles. The van der Waals surface area contributed by atoms with E-state index in [1.54, 1.807) is 25.3 Å². The van der Waals surface area contributed by atoms with Crippen LogP contribution in [0.3, 0.4) is 0 Å². The van der Waals surface area contributed by atoms with Gasteiger partial charge < -0.3 is 19.3 Å². The van der Waals surface area contributed by atoms with Gasteiger partial charge >= 0.3 is 5.97 Å². The topological polar surface area (TPSA) is 95.0 Å². The molecular weight excluding hydrogens is 422 g/mol. The number of hydrogen-bond donors (Lipinski definition) is 1. The number of carboxylic acids is 1. The van der Waals surface area contributed by atoms with Gasteiger partial charge in [-0.3, -0.25) is 4.79 Å². The van der Waals surface area contributed by atoms with Gasteiger partial charge in [-0.15, -0.1) is 0 Å². The number of fused-ring (bicyclic) bond motifs is 1. The van der Waals surface area contributed by atoms with Crippen molar-refractivity contribution in [1.29, 1.82) is 0 Å². The first-order valence-electron chi connectivity index (χ1n) is 10.3. The number of aryl methyl sites for hydroxylation is 2. The number of nitrogens with zero attached hydrogens (tertiary/aromatic N) is 1. The molecule has 7 nitrogen and oxygen atoms in total. The summed E-state index contributed by atoms with van der Waals surface area (Å²) in [6, 6.07) is 10.8. The SMILES string of the molecule is COc1ccc2nc(OC)c(C(=O)/C=C/c3cc(C)c(OC(C)(C)C(=O)O)c(C)c3)cc2c1. The van der Waals surface area contributed by atoms with Crippen molar-refractivity contribution in [2.24, 2.45) is 0 Å². The molecule has 0 fully saturated rings. The van der Waals surface area contributed by atoms with Crippen molar-refractivity contribution < 1.29 is 28.9 Å². The van der Waals surface area contributed by atoms with Crippen LogP contribution in [0.1, 0.15) is 40.9 Å². The third-order valence-corrected chi connectivity index (χ3v) is 5.23. The lowest BCUT2D eigenvalue weighted by Gasteiger charge is -2.24. The molecule has 2 aromatic carbocycles. The molecule has 0 bridgehead atoms. The van der Waals surface area contributed by atoms with Gasteiger partial charge in [0.1, 0.15) is 11.5 Å². The lowest BCUT2D eigenvalue weighted by molar-refractivity contribution is -0.152. The average molecular weight is 450 g/mol. The minimum atomic E-state index is -1.36. The summed E-state index contributed by atoms with van der Waals surface area (Å²) in [5.74, 6) is 0.121. The maximum atomic E-state index is 13.0.